The van der Waals surface area contributed by atoms with Crippen LogP contribution in [0.3, 0.4) is 0 Å². The highest BCUT2D eigenvalue weighted by molar-refractivity contribution is 5.95. The van der Waals surface area contributed by atoms with Crippen molar-refractivity contribution >= 4 is 11.6 Å². The third-order valence-electron chi connectivity index (χ3n) is 6.38. The van der Waals surface area contributed by atoms with Gasteiger partial charge in [-0.25, -0.2) is 9.50 Å². The molecule has 0 atom stereocenters. The van der Waals surface area contributed by atoms with Gasteiger partial charge in [-0.1, -0.05) is 25.0 Å². The third-order valence-corrected chi connectivity index (χ3v) is 6.38. The van der Waals surface area contributed by atoms with Gasteiger partial charge >= 0.3 is 0 Å². The maximum absolute atomic E-state index is 12.7. The van der Waals surface area contributed by atoms with Crippen molar-refractivity contribution in [1.82, 2.24) is 19.9 Å². The van der Waals surface area contributed by atoms with Crippen LogP contribution in [-0.4, -0.2) is 43.9 Å². The van der Waals surface area contributed by atoms with Gasteiger partial charge in [-0.05, 0) is 56.7 Å². The van der Waals surface area contributed by atoms with Crippen molar-refractivity contribution < 1.29 is 14.6 Å². The SMILES string of the molecule is O=C(NC1CCCC1)c1cccc(-c2cnc3ccc(O[C@H]4CC[C@H](O)CC4)nn23)c1. The van der Waals surface area contributed by atoms with Crippen LogP contribution < -0.4 is 10.1 Å². The number of hydrogen-bond donors (Lipinski definition) is 2. The molecule has 7 heteroatoms. The highest BCUT2D eigenvalue weighted by Crippen LogP contribution is 2.26. The summed E-state index contributed by atoms with van der Waals surface area (Å²) in [5, 5.41) is 17.5. The molecule has 2 fully saturated rings. The van der Waals surface area contributed by atoms with E-state index >= 15 is 0 Å². The van der Waals surface area contributed by atoms with Crippen LogP contribution in [0.4, 0.5) is 0 Å². The Morgan fingerprint density at radius 3 is 2.68 bits per heavy atom. The number of fused-ring (bicyclic) bond motifs is 1. The number of aliphatic hydroxyl groups excluding tert-OH is 1. The molecule has 31 heavy (non-hydrogen) atoms. The summed E-state index contributed by atoms with van der Waals surface area (Å²) < 4.78 is 7.84. The summed E-state index contributed by atoms with van der Waals surface area (Å²) >= 11 is 0. The van der Waals surface area contributed by atoms with Crippen molar-refractivity contribution in [3.63, 3.8) is 0 Å². The second-order valence-electron chi connectivity index (χ2n) is 8.67. The van der Waals surface area contributed by atoms with Gasteiger partial charge in [0, 0.05) is 23.2 Å². The first-order valence-corrected chi connectivity index (χ1v) is 11.3. The highest BCUT2D eigenvalue weighted by atomic mass is 16.5. The summed E-state index contributed by atoms with van der Waals surface area (Å²) in [6, 6.07) is 11.6. The molecule has 1 amide bonds. The average molecular weight is 421 g/mol. The molecule has 2 aliphatic carbocycles. The molecule has 0 aliphatic heterocycles. The smallest absolute Gasteiger partial charge is 0.251 e. The fraction of sp³-hybridized carbons (Fsp3) is 0.458. The van der Waals surface area contributed by atoms with Crippen LogP contribution in [0.1, 0.15) is 61.7 Å². The molecule has 1 aromatic carbocycles. The topological polar surface area (TPSA) is 88.8 Å². The third kappa shape index (κ3) is 4.42. The fourth-order valence-corrected chi connectivity index (χ4v) is 4.61. The zero-order chi connectivity index (χ0) is 21.2. The molecule has 3 aromatic rings. The molecule has 2 saturated carbocycles. The molecule has 2 aliphatic rings. The molecule has 7 nitrogen and oxygen atoms in total. The molecule has 2 aromatic heterocycles. The summed E-state index contributed by atoms with van der Waals surface area (Å²) in [5.41, 5.74) is 3.07. The van der Waals surface area contributed by atoms with E-state index in [1.54, 1.807) is 10.7 Å². The minimum atomic E-state index is -0.214. The molecule has 162 valence electrons. The van der Waals surface area contributed by atoms with Crippen molar-refractivity contribution in [1.29, 1.82) is 0 Å². The normalized spacial score (nSPS) is 22.0. The van der Waals surface area contributed by atoms with Gasteiger partial charge in [0.05, 0.1) is 18.0 Å². The largest absolute Gasteiger partial charge is 0.473 e. The Hall–Kier alpha value is -2.93. The number of nitrogens with one attached hydrogen (secondary N) is 1. The van der Waals surface area contributed by atoms with E-state index in [9.17, 15) is 9.90 Å². The number of benzene rings is 1. The highest BCUT2D eigenvalue weighted by Gasteiger charge is 2.22. The van der Waals surface area contributed by atoms with Crippen LogP contribution in [0, 0.1) is 0 Å². The number of aliphatic hydroxyl groups is 1. The van der Waals surface area contributed by atoms with Crippen molar-refractivity contribution in [3.05, 3.63) is 48.2 Å². The standard InChI is InChI=1S/C24H28N4O3/c29-19-8-10-20(11-9-19)31-23-13-12-22-25-15-21(28(22)27-23)16-4-3-5-17(14-16)24(30)26-18-6-1-2-7-18/h3-5,12-15,18-20,29H,1-2,6-11H2,(H,26,30)/t19-,20-. The Bertz CT molecular complexity index is 1070. The summed E-state index contributed by atoms with van der Waals surface area (Å²) in [6.45, 7) is 0. The number of ether oxygens (including phenoxy) is 1. The van der Waals surface area contributed by atoms with Gasteiger partial charge in [0.2, 0.25) is 5.88 Å². The second kappa shape index (κ2) is 8.67. The van der Waals surface area contributed by atoms with E-state index < -0.39 is 0 Å². The predicted molar refractivity (Wildman–Crippen MR) is 117 cm³/mol. The van der Waals surface area contributed by atoms with Crippen LogP contribution >= 0.6 is 0 Å². The minimum absolute atomic E-state index is 0.0287. The van der Waals surface area contributed by atoms with Crippen molar-refractivity contribution in [2.45, 2.75) is 69.6 Å². The van der Waals surface area contributed by atoms with Gasteiger partial charge < -0.3 is 15.2 Å². The van der Waals surface area contributed by atoms with Crippen LogP contribution in [0.15, 0.2) is 42.6 Å². The van der Waals surface area contributed by atoms with Crippen LogP contribution in [-0.2, 0) is 0 Å². The molecular formula is C24H28N4O3. The molecule has 5 rings (SSSR count). The Morgan fingerprint density at radius 1 is 1.06 bits per heavy atom. The Kier molecular flexibility index (Phi) is 5.59. The van der Waals surface area contributed by atoms with E-state index in [1.807, 2.05) is 36.4 Å². The van der Waals surface area contributed by atoms with Crippen molar-refractivity contribution in [2.75, 3.05) is 0 Å². The second-order valence-corrected chi connectivity index (χ2v) is 8.67. The van der Waals surface area contributed by atoms with Gasteiger partial charge in [-0.3, -0.25) is 4.79 Å². The van der Waals surface area contributed by atoms with E-state index in [-0.39, 0.29) is 24.2 Å². The number of aromatic nitrogens is 3. The van der Waals surface area contributed by atoms with Crippen molar-refractivity contribution in [2.24, 2.45) is 0 Å². The van der Waals surface area contributed by atoms with E-state index in [1.165, 1.54) is 12.8 Å². The number of rotatable bonds is 5. The van der Waals surface area contributed by atoms with E-state index in [2.05, 4.69) is 15.4 Å². The Balaban J connectivity index is 1.37. The number of amides is 1. The molecular weight excluding hydrogens is 392 g/mol. The number of imidazole rings is 1. The predicted octanol–water partition coefficient (Wildman–Crippen LogP) is 3.75. The fourth-order valence-electron chi connectivity index (χ4n) is 4.61. The first kappa shape index (κ1) is 20.0. The maximum Gasteiger partial charge on any atom is 0.251 e. The van der Waals surface area contributed by atoms with Gasteiger partial charge in [-0.2, -0.15) is 0 Å². The quantitative estimate of drug-likeness (QED) is 0.656. The summed E-state index contributed by atoms with van der Waals surface area (Å²) in [6.07, 6.45) is 9.31. The summed E-state index contributed by atoms with van der Waals surface area (Å²) in [7, 11) is 0. The van der Waals surface area contributed by atoms with Gasteiger partial charge in [-0.15, -0.1) is 5.10 Å². The van der Waals surface area contributed by atoms with Gasteiger partial charge in [0.15, 0.2) is 5.65 Å². The molecule has 2 heterocycles. The zero-order valence-corrected chi connectivity index (χ0v) is 17.5. The lowest BCUT2D eigenvalue weighted by atomic mass is 9.95. The Labute approximate surface area is 181 Å². The lowest BCUT2D eigenvalue weighted by Gasteiger charge is -2.25. The van der Waals surface area contributed by atoms with Crippen LogP contribution in [0.2, 0.25) is 0 Å². The van der Waals surface area contributed by atoms with E-state index in [0.717, 1.165) is 55.4 Å². The first-order chi connectivity index (χ1) is 15.2. The lowest BCUT2D eigenvalue weighted by molar-refractivity contribution is 0.0637. The van der Waals surface area contributed by atoms with Crippen molar-refractivity contribution in [3.8, 4) is 17.1 Å². The number of carbonyl (C=O) groups excluding carboxylic acids is 1. The van der Waals surface area contributed by atoms with E-state index in [4.69, 9.17) is 4.74 Å². The average Bonchev–Trinajstić information content (AvgIpc) is 3.45. The molecule has 2 N–H and O–H groups in total. The number of carbonyl (C=O) groups is 1. The minimum Gasteiger partial charge on any atom is -0.473 e. The maximum atomic E-state index is 12.7. The van der Waals surface area contributed by atoms with Gasteiger partial charge in [0.1, 0.15) is 6.10 Å². The van der Waals surface area contributed by atoms with Crippen LogP contribution in [0.25, 0.3) is 16.9 Å². The number of hydrogen-bond acceptors (Lipinski definition) is 5. The molecule has 0 saturated heterocycles. The first-order valence-electron chi connectivity index (χ1n) is 11.3. The van der Waals surface area contributed by atoms with Crippen LogP contribution in [0.5, 0.6) is 5.88 Å². The zero-order valence-electron chi connectivity index (χ0n) is 17.5. The summed E-state index contributed by atoms with van der Waals surface area (Å²) in [4.78, 5) is 17.2. The summed E-state index contributed by atoms with van der Waals surface area (Å²) in [5.74, 6) is 0.516. The monoisotopic (exact) mass is 420 g/mol. The number of nitrogens with zero attached hydrogens (tertiary/aromatic N) is 3. The molecule has 0 radical (unpaired) electrons. The lowest BCUT2D eigenvalue weighted by Crippen LogP contribution is -2.32. The molecule has 0 bridgehead atoms. The van der Waals surface area contributed by atoms with Gasteiger partial charge in [0.25, 0.3) is 5.91 Å². The molecule has 0 unspecified atom stereocenters. The van der Waals surface area contributed by atoms with E-state index in [0.29, 0.717) is 11.4 Å². The Morgan fingerprint density at radius 2 is 1.87 bits per heavy atom. The molecule has 0 spiro atoms.